The molecule has 0 saturated carbocycles. The fourth-order valence-corrected chi connectivity index (χ4v) is 5.30. The van der Waals surface area contributed by atoms with Crippen molar-refractivity contribution >= 4 is 11.8 Å². The fourth-order valence-electron chi connectivity index (χ4n) is 5.30. The molecular formula is C29H34F3N5O4. The van der Waals surface area contributed by atoms with Crippen molar-refractivity contribution < 1.29 is 32.2 Å². The minimum absolute atomic E-state index is 0.0671. The largest absolute Gasteiger partial charge is 0.473 e. The number of benzene rings is 2. The Morgan fingerprint density at radius 1 is 1.10 bits per heavy atom. The highest BCUT2D eigenvalue weighted by atomic mass is 19.4. The normalized spacial score (nSPS) is 22.5. The molecule has 9 nitrogen and oxygen atoms in total. The van der Waals surface area contributed by atoms with E-state index in [0.29, 0.717) is 29.6 Å². The van der Waals surface area contributed by atoms with Crippen LogP contribution >= 0.6 is 0 Å². The highest BCUT2D eigenvalue weighted by Crippen LogP contribution is 2.32. The zero-order valence-corrected chi connectivity index (χ0v) is 23.1. The van der Waals surface area contributed by atoms with Gasteiger partial charge in [0.1, 0.15) is 18.5 Å². The minimum Gasteiger partial charge on any atom is -0.473 e. The summed E-state index contributed by atoms with van der Waals surface area (Å²) in [6.07, 6.45) is -4.61. The number of halogens is 3. The lowest BCUT2D eigenvalue weighted by molar-refractivity contribution is -0.143. The first-order chi connectivity index (χ1) is 19.5. The van der Waals surface area contributed by atoms with Crippen molar-refractivity contribution in [1.82, 2.24) is 20.0 Å². The van der Waals surface area contributed by atoms with E-state index in [1.54, 1.807) is 11.6 Å². The SMILES string of the molecule is Cc1c(OCC2COC(C)(C)O2)nn(-c2ccccc2)c1NC(=O)NC1CN(CC(F)(F)F)CC1c1ccccc1. The third kappa shape index (κ3) is 7.19. The summed E-state index contributed by atoms with van der Waals surface area (Å²) in [7, 11) is 0. The summed E-state index contributed by atoms with van der Waals surface area (Å²) < 4.78 is 58.5. The Balaban J connectivity index is 1.34. The lowest BCUT2D eigenvalue weighted by atomic mass is 9.94. The van der Waals surface area contributed by atoms with Gasteiger partial charge in [-0.1, -0.05) is 48.5 Å². The van der Waals surface area contributed by atoms with E-state index in [2.05, 4.69) is 15.7 Å². The summed E-state index contributed by atoms with van der Waals surface area (Å²) in [5.74, 6) is -0.294. The standard InChI is InChI=1S/C29H34F3N5O4/c1-19-25(37(21-12-8-5-9-13-21)35-26(19)39-16-22-17-40-28(2,3)41-22)34-27(38)33-24-15-36(18-29(30,31)32)14-23(24)20-10-6-4-7-11-20/h4-13,22-24H,14-18H2,1-3H3,(H2,33,34,38). The van der Waals surface area contributed by atoms with Crippen LogP contribution in [-0.2, 0) is 9.47 Å². The summed E-state index contributed by atoms with van der Waals surface area (Å²) in [4.78, 5) is 14.7. The zero-order valence-electron chi connectivity index (χ0n) is 23.1. The highest BCUT2D eigenvalue weighted by Gasteiger charge is 2.40. The number of rotatable bonds is 8. The van der Waals surface area contributed by atoms with Gasteiger partial charge >= 0.3 is 12.2 Å². The van der Waals surface area contributed by atoms with Crippen LogP contribution in [0.3, 0.4) is 0 Å². The maximum atomic E-state index is 13.3. The molecule has 2 aromatic carbocycles. The summed E-state index contributed by atoms with van der Waals surface area (Å²) in [6.45, 7) is 5.24. The number of nitrogens with zero attached hydrogens (tertiary/aromatic N) is 3. The highest BCUT2D eigenvalue weighted by molar-refractivity contribution is 5.90. The van der Waals surface area contributed by atoms with E-state index >= 15 is 0 Å². The predicted molar refractivity (Wildman–Crippen MR) is 146 cm³/mol. The van der Waals surface area contributed by atoms with E-state index in [9.17, 15) is 18.0 Å². The van der Waals surface area contributed by atoms with Gasteiger partial charge in [0.05, 0.1) is 30.4 Å². The zero-order chi connectivity index (χ0) is 29.2. The molecule has 2 fully saturated rings. The van der Waals surface area contributed by atoms with Gasteiger partial charge in [0.25, 0.3) is 0 Å². The predicted octanol–water partition coefficient (Wildman–Crippen LogP) is 4.86. The van der Waals surface area contributed by atoms with Gasteiger partial charge < -0.3 is 19.5 Å². The van der Waals surface area contributed by atoms with Crippen molar-refractivity contribution in [3.63, 3.8) is 0 Å². The molecule has 2 aliphatic rings. The van der Waals surface area contributed by atoms with Crippen LogP contribution in [0.1, 0.15) is 30.9 Å². The molecule has 0 aliphatic carbocycles. The number of carbonyl (C=O) groups excluding carboxylic acids is 1. The number of nitrogens with one attached hydrogen (secondary N) is 2. The van der Waals surface area contributed by atoms with Gasteiger partial charge in [0.2, 0.25) is 5.88 Å². The van der Waals surface area contributed by atoms with Crippen LogP contribution in [0.25, 0.3) is 5.69 Å². The summed E-state index contributed by atoms with van der Waals surface area (Å²) in [5.41, 5.74) is 2.15. The molecule has 3 unspecified atom stereocenters. The second kappa shape index (κ2) is 11.7. The Hall–Kier alpha value is -3.61. The molecule has 3 heterocycles. The number of hydrogen-bond donors (Lipinski definition) is 2. The lowest BCUT2D eigenvalue weighted by Crippen LogP contribution is -2.43. The molecule has 41 heavy (non-hydrogen) atoms. The Bertz CT molecular complexity index is 1330. The lowest BCUT2D eigenvalue weighted by Gasteiger charge is -2.21. The molecule has 0 radical (unpaired) electrons. The van der Waals surface area contributed by atoms with Gasteiger partial charge in [0, 0.05) is 19.0 Å². The van der Waals surface area contributed by atoms with Gasteiger partial charge in [-0.15, -0.1) is 5.10 Å². The number of alkyl halides is 3. The van der Waals surface area contributed by atoms with Crippen LogP contribution in [0.4, 0.5) is 23.8 Å². The second-order valence-electron chi connectivity index (χ2n) is 10.8. The Morgan fingerprint density at radius 2 is 1.78 bits per heavy atom. The number of ether oxygens (including phenoxy) is 3. The topological polar surface area (TPSA) is 89.9 Å². The quantitative estimate of drug-likeness (QED) is 0.400. The van der Waals surface area contributed by atoms with Gasteiger partial charge in [-0.2, -0.15) is 13.2 Å². The number of para-hydroxylation sites is 1. The van der Waals surface area contributed by atoms with Gasteiger partial charge in [-0.3, -0.25) is 10.2 Å². The summed E-state index contributed by atoms with van der Waals surface area (Å²) in [5, 5.41) is 10.4. The third-order valence-corrected chi connectivity index (χ3v) is 7.13. The van der Waals surface area contributed by atoms with Crippen molar-refractivity contribution in [2.45, 2.75) is 50.8 Å². The van der Waals surface area contributed by atoms with Crippen LogP contribution in [0, 0.1) is 6.92 Å². The van der Waals surface area contributed by atoms with Crippen LogP contribution in [-0.4, -0.2) is 77.7 Å². The third-order valence-electron chi connectivity index (χ3n) is 7.13. The van der Waals surface area contributed by atoms with Crippen molar-refractivity contribution in [1.29, 1.82) is 0 Å². The average Bonchev–Trinajstić information content (AvgIpc) is 3.57. The molecule has 2 saturated heterocycles. The minimum atomic E-state index is -4.33. The molecule has 0 spiro atoms. The van der Waals surface area contributed by atoms with Crippen molar-refractivity contribution in [3.8, 4) is 11.6 Å². The number of anilines is 1. The maximum Gasteiger partial charge on any atom is 0.401 e. The fraction of sp³-hybridized carbons (Fsp3) is 0.448. The first kappa shape index (κ1) is 28.9. The second-order valence-corrected chi connectivity index (χ2v) is 10.8. The summed E-state index contributed by atoms with van der Waals surface area (Å²) >= 11 is 0. The molecule has 1 aromatic heterocycles. The van der Waals surface area contributed by atoms with E-state index in [-0.39, 0.29) is 31.7 Å². The van der Waals surface area contributed by atoms with Crippen molar-refractivity contribution in [2.75, 3.05) is 38.2 Å². The van der Waals surface area contributed by atoms with Crippen LogP contribution in [0.5, 0.6) is 5.88 Å². The molecule has 3 aromatic rings. The van der Waals surface area contributed by atoms with Crippen molar-refractivity contribution in [3.05, 3.63) is 71.8 Å². The van der Waals surface area contributed by atoms with Crippen LogP contribution < -0.4 is 15.4 Å². The molecule has 0 bridgehead atoms. The molecule has 2 N–H and O–H groups in total. The number of likely N-dealkylation sites (tertiary alicyclic amines) is 1. The smallest absolute Gasteiger partial charge is 0.401 e. The number of hydrogen-bond acceptors (Lipinski definition) is 6. The van der Waals surface area contributed by atoms with E-state index in [0.717, 1.165) is 5.56 Å². The number of carbonyl (C=O) groups is 1. The average molecular weight is 574 g/mol. The number of aromatic nitrogens is 2. The monoisotopic (exact) mass is 573 g/mol. The first-order valence-electron chi connectivity index (χ1n) is 13.5. The van der Waals surface area contributed by atoms with E-state index in [1.807, 2.05) is 74.5 Å². The van der Waals surface area contributed by atoms with E-state index in [1.165, 1.54) is 4.90 Å². The number of urea groups is 1. The molecule has 5 rings (SSSR count). The van der Waals surface area contributed by atoms with Crippen LogP contribution in [0.15, 0.2) is 60.7 Å². The molecule has 2 aliphatic heterocycles. The summed E-state index contributed by atoms with van der Waals surface area (Å²) in [6, 6.07) is 17.4. The molecule has 3 atom stereocenters. The van der Waals surface area contributed by atoms with Gasteiger partial charge in [0.15, 0.2) is 5.79 Å². The Kier molecular flexibility index (Phi) is 8.25. The first-order valence-corrected chi connectivity index (χ1v) is 13.5. The molecule has 220 valence electrons. The molecule has 2 amide bonds. The van der Waals surface area contributed by atoms with E-state index in [4.69, 9.17) is 14.2 Å². The van der Waals surface area contributed by atoms with Crippen LogP contribution in [0.2, 0.25) is 0 Å². The molecular weight excluding hydrogens is 539 g/mol. The number of amides is 2. The van der Waals surface area contributed by atoms with Gasteiger partial charge in [-0.05, 0) is 38.5 Å². The van der Waals surface area contributed by atoms with E-state index < -0.39 is 30.6 Å². The Labute approximate surface area is 236 Å². The Morgan fingerprint density at radius 3 is 2.41 bits per heavy atom. The van der Waals surface area contributed by atoms with Crippen molar-refractivity contribution in [2.24, 2.45) is 0 Å². The van der Waals surface area contributed by atoms with Gasteiger partial charge in [-0.25, -0.2) is 9.48 Å². The maximum absolute atomic E-state index is 13.3. The molecule has 12 heteroatoms.